The topological polar surface area (TPSA) is 78.0 Å². The number of ether oxygens (including phenoxy) is 3. The SMILES string of the molecule is CCOC(=O)c1cc(Cl)cnc1C1CCN(C(=O)c2ccc3c(c2)OCO3)CC1. The molecular formula is C21H21ClN2O5. The van der Waals surface area contributed by atoms with Gasteiger partial charge in [-0.2, -0.15) is 0 Å². The predicted octanol–water partition coefficient (Wildman–Crippen LogP) is 3.66. The number of pyridine rings is 1. The van der Waals surface area contributed by atoms with Gasteiger partial charge < -0.3 is 19.1 Å². The van der Waals surface area contributed by atoms with Crippen LogP contribution >= 0.6 is 11.6 Å². The summed E-state index contributed by atoms with van der Waals surface area (Å²) >= 11 is 6.03. The highest BCUT2D eigenvalue weighted by atomic mass is 35.5. The third-order valence-electron chi connectivity index (χ3n) is 5.17. The number of hydrogen-bond acceptors (Lipinski definition) is 6. The molecule has 152 valence electrons. The number of carbonyl (C=O) groups excluding carboxylic acids is 2. The minimum absolute atomic E-state index is 0.0450. The minimum atomic E-state index is -0.420. The fraction of sp³-hybridized carbons (Fsp3) is 0.381. The molecule has 0 spiro atoms. The number of piperidine rings is 1. The quantitative estimate of drug-likeness (QED) is 0.708. The van der Waals surface area contributed by atoms with Gasteiger partial charge in [0, 0.05) is 30.8 Å². The molecule has 7 nitrogen and oxygen atoms in total. The number of rotatable bonds is 4. The van der Waals surface area contributed by atoms with E-state index in [9.17, 15) is 9.59 Å². The van der Waals surface area contributed by atoms with Crippen molar-refractivity contribution < 1.29 is 23.8 Å². The van der Waals surface area contributed by atoms with Gasteiger partial charge >= 0.3 is 5.97 Å². The van der Waals surface area contributed by atoms with Gasteiger partial charge in [-0.05, 0) is 44.0 Å². The molecule has 1 fully saturated rings. The van der Waals surface area contributed by atoms with E-state index in [1.165, 1.54) is 0 Å². The molecule has 0 saturated carbocycles. The summed E-state index contributed by atoms with van der Waals surface area (Å²) in [6.07, 6.45) is 2.96. The first kappa shape index (κ1) is 19.5. The zero-order valence-electron chi connectivity index (χ0n) is 16.0. The Kier molecular flexibility index (Phi) is 5.58. The van der Waals surface area contributed by atoms with Gasteiger partial charge in [0.05, 0.1) is 22.9 Å². The first-order valence-corrected chi connectivity index (χ1v) is 9.96. The number of fused-ring (bicyclic) bond motifs is 1. The standard InChI is InChI=1S/C21H21ClN2O5/c1-2-27-21(26)16-10-15(22)11-23-19(16)13-5-7-24(8-6-13)20(25)14-3-4-17-18(9-14)29-12-28-17/h3-4,9-11,13H,2,5-8,12H2,1H3. The Bertz CT molecular complexity index is 941. The summed E-state index contributed by atoms with van der Waals surface area (Å²) in [7, 11) is 0. The third-order valence-corrected chi connectivity index (χ3v) is 5.38. The van der Waals surface area contributed by atoms with Crippen LogP contribution in [0.25, 0.3) is 0 Å². The fourth-order valence-electron chi connectivity index (χ4n) is 3.72. The largest absolute Gasteiger partial charge is 0.462 e. The van der Waals surface area contributed by atoms with E-state index >= 15 is 0 Å². The second kappa shape index (κ2) is 8.29. The number of hydrogen-bond donors (Lipinski definition) is 0. The molecule has 2 aliphatic rings. The summed E-state index contributed by atoms with van der Waals surface area (Å²) in [4.78, 5) is 31.4. The minimum Gasteiger partial charge on any atom is -0.462 e. The summed E-state index contributed by atoms with van der Waals surface area (Å²) in [5.74, 6) is 0.844. The molecule has 29 heavy (non-hydrogen) atoms. The highest BCUT2D eigenvalue weighted by Gasteiger charge is 2.29. The Morgan fingerprint density at radius 1 is 1.21 bits per heavy atom. The number of amides is 1. The van der Waals surface area contributed by atoms with Crippen molar-refractivity contribution >= 4 is 23.5 Å². The monoisotopic (exact) mass is 416 g/mol. The Hall–Kier alpha value is -2.80. The van der Waals surface area contributed by atoms with E-state index in [4.69, 9.17) is 25.8 Å². The molecule has 4 rings (SSSR count). The van der Waals surface area contributed by atoms with Crippen molar-refractivity contribution in [1.29, 1.82) is 0 Å². The first-order chi connectivity index (χ1) is 14.1. The molecule has 1 amide bonds. The zero-order chi connectivity index (χ0) is 20.4. The lowest BCUT2D eigenvalue weighted by atomic mass is 9.90. The summed E-state index contributed by atoms with van der Waals surface area (Å²) < 4.78 is 15.8. The van der Waals surface area contributed by atoms with Crippen molar-refractivity contribution in [2.75, 3.05) is 26.5 Å². The van der Waals surface area contributed by atoms with E-state index in [-0.39, 0.29) is 25.2 Å². The molecule has 2 aliphatic heterocycles. The number of carbonyl (C=O) groups is 2. The van der Waals surface area contributed by atoms with Crippen LogP contribution in [-0.4, -0.2) is 48.2 Å². The van der Waals surface area contributed by atoms with Crippen LogP contribution in [-0.2, 0) is 4.74 Å². The molecule has 8 heteroatoms. The van der Waals surface area contributed by atoms with Crippen LogP contribution in [0, 0.1) is 0 Å². The summed E-state index contributed by atoms with van der Waals surface area (Å²) in [6.45, 7) is 3.37. The molecule has 1 aromatic heterocycles. The lowest BCUT2D eigenvalue weighted by Gasteiger charge is -2.32. The number of likely N-dealkylation sites (tertiary alicyclic amines) is 1. The summed E-state index contributed by atoms with van der Waals surface area (Å²) in [6, 6.07) is 6.83. The van der Waals surface area contributed by atoms with Gasteiger partial charge in [0.1, 0.15) is 0 Å². The average Bonchev–Trinajstić information content (AvgIpc) is 3.21. The van der Waals surface area contributed by atoms with Crippen LogP contribution in [0.15, 0.2) is 30.5 Å². The number of nitrogens with zero attached hydrogens (tertiary/aromatic N) is 2. The van der Waals surface area contributed by atoms with Gasteiger partial charge in [-0.15, -0.1) is 0 Å². The van der Waals surface area contributed by atoms with Crippen LogP contribution in [0.4, 0.5) is 0 Å². The predicted molar refractivity (Wildman–Crippen MR) is 106 cm³/mol. The number of aromatic nitrogens is 1. The van der Waals surface area contributed by atoms with Crippen molar-refractivity contribution in [3.8, 4) is 11.5 Å². The van der Waals surface area contributed by atoms with E-state index < -0.39 is 5.97 Å². The Morgan fingerprint density at radius 3 is 2.72 bits per heavy atom. The molecule has 0 N–H and O–H groups in total. The van der Waals surface area contributed by atoms with Crippen molar-refractivity contribution in [1.82, 2.24) is 9.88 Å². The van der Waals surface area contributed by atoms with Gasteiger partial charge in [-0.1, -0.05) is 11.6 Å². The van der Waals surface area contributed by atoms with Gasteiger partial charge in [-0.3, -0.25) is 9.78 Å². The highest BCUT2D eigenvalue weighted by Crippen LogP contribution is 2.34. The maximum absolute atomic E-state index is 12.9. The van der Waals surface area contributed by atoms with Crippen molar-refractivity contribution in [3.63, 3.8) is 0 Å². The van der Waals surface area contributed by atoms with Crippen LogP contribution in [0.3, 0.4) is 0 Å². The van der Waals surface area contributed by atoms with E-state index in [0.29, 0.717) is 59.3 Å². The highest BCUT2D eigenvalue weighted by molar-refractivity contribution is 6.30. The van der Waals surface area contributed by atoms with Gasteiger partial charge in [0.2, 0.25) is 6.79 Å². The Labute approximate surface area is 173 Å². The van der Waals surface area contributed by atoms with Crippen LogP contribution in [0.5, 0.6) is 11.5 Å². The normalized spacial score (nSPS) is 16.0. The molecule has 0 unspecified atom stereocenters. The second-order valence-electron chi connectivity index (χ2n) is 6.94. The third kappa shape index (κ3) is 4.00. The van der Waals surface area contributed by atoms with Crippen molar-refractivity contribution in [2.45, 2.75) is 25.7 Å². The molecule has 0 bridgehead atoms. The van der Waals surface area contributed by atoms with Crippen LogP contribution < -0.4 is 9.47 Å². The van der Waals surface area contributed by atoms with E-state index in [2.05, 4.69) is 4.98 Å². The molecule has 3 heterocycles. The molecular weight excluding hydrogens is 396 g/mol. The molecule has 1 aromatic carbocycles. The zero-order valence-corrected chi connectivity index (χ0v) is 16.8. The molecule has 1 saturated heterocycles. The van der Waals surface area contributed by atoms with Crippen molar-refractivity contribution in [3.05, 3.63) is 52.3 Å². The lowest BCUT2D eigenvalue weighted by Crippen LogP contribution is -2.38. The maximum Gasteiger partial charge on any atom is 0.340 e. The Balaban J connectivity index is 1.46. The average molecular weight is 417 g/mol. The number of benzene rings is 1. The van der Waals surface area contributed by atoms with Crippen molar-refractivity contribution in [2.24, 2.45) is 0 Å². The second-order valence-corrected chi connectivity index (χ2v) is 7.38. The summed E-state index contributed by atoms with van der Waals surface area (Å²) in [5, 5.41) is 0.396. The van der Waals surface area contributed by atoms with Crippen LogP contribution in [0.2, 0.25) is 5.02 Å². The fourth-order valence-corrected chi connectivity index (χ4v) is 3.87. The van der Waals surface area contributed by atoms with Gasteiger partial charge in [0.25, 0.3) is 5.91 Å². The number of halogens is 1. The Morgan fingerprint density at radius 2 is 1.97 bits per heavy atom. The smallest absolute Gasteiger partial charge is 0.340 e. The van der Waals surface area contributed by atoms with E-state index in [0.717, 1.165) is 0 Å². The van der Waals surface area contributed by atoms with Crippen LogP contribution in [0.1, 0.15) is 52.1 Å². The van der Waals surface area contributed by atoms with Gasteiger partial charge in [0.15, 0.2) is 11.5 Å². The maximum atomic E-state index is 12.9. The number of esters is 1. The summed E-state index contributed by atoms with van der Waals surface area (Å²) in [5.41, 5.74) is 1.66. The molecule has 0 radical (unpaired) electrons. The van der Waals surface area contributed by atoms with E-state index in [1.54, 1.807) is 37.4 Å². The van der Waals surface area contributed by atoms with E-state index in [1.807, 2.05) is 4.90 Å². The lowest BCUT2D eigenvalue weighted by molar-refractivity contribution is 0.0521. The molecule has 2 aromatic rings. The first-order valence-electron chi connectivity index (χ1n) is 9.58. The molecule has 0 aliphatic carbocycles. The molecule has 0 atom stereocenters. The van der Waals surface area contributed by atoms with Gasteiger partial charge in [-0.25, -0.2) is 4.79 Å².